The molecule has 0 bridgehead atoms. The fraction of sp³-hybridized carbons (Fsp3) is 0.259. The van der Waals surface area contributed by atoms with Crippen LogP contribution < -0.4 is 4.90 Å². The zero-order valence-corrected chi connectivity index (χ0v) is 18.5. The minimum atomic E-state index is -0.300. The molecule has 1 aliphatic heterocycles. The number of ether oxygens (including phenoxy) is 2. The van der Waals surface area contributed by atoms with Gasteiger partial charge in [-0.3, -0.25) is 4.98 Å². The van der Waals surface area contributed by atoms with Crippen molar-refractivity contribution in [1.82, 2.24) is 4.98 Å². The van der Waals surface area contributed by atoms with Crippen LogP contribution >= 0.6 is 0 Å². The molecule has 0 saturated carbocycles. The lowest BCUT2D eigenvalue weighted by Crippen LogP contribution is -2.30. The van der Waals surface area contributed by atoms with Gasteiger partial charge in [0, 0.05) is 26.4 Å². The first kappa shape index (κ1) is 21.8. The molecule has 1 aliphatic rings. The van der Waals surface area contributed by atoms with Gasteiger partial charge < -0.3 is 14.4 Å². The highest BCUT2D eigenvalue weighted by molar-refractivity contribution is 5.96. The van der Waals surface area contributed by atoms with Crippen LogP contribution in [-0.2, 0) is 16.1 Å². The van der Waals surface area contributed by atoms with Gasteiger partial charge in [-0.2, -0.15) is 0 Å². The van der Waals surface area contributed by atoms with Crippen LogP contribution in [-0.4, -0.2) is 31.2 Å². The van der Waals surface area contributed by atoms with Gasteiger partial charge in [0.1, 0.15) is 6.61 Å². The van der Waals surface area contributed by atoms with E-state index in [2.05, 4.69) is 22.0 Å². The van der Waals surface area contributed by atoms with Gasteiger partial charge in [-0.05, 0) is 48.2 Å². The maximum Gasteiger partial charge on any atom is 0.340 e. The molecular formula is C27H28N2O3. The predicted octanol–water partition coefficient (Wildman–Crippen LogP) is 5.44. The predicted molar refractivity (Wildman–Crippen MR) is 126 cm³/mol. The number of anilines is 1. The van der Waals surface area contributed by atoms with Crippen molar-refractivity contribution in [3.05, 3.63) is 101 Å². The van der Waals surface area contributed by atoms with E-state index in [1.807, 2.05) is 73.8 Å². The van der Waals surface area contributed by atoms with Gasteiger partial charge in [0.2, 0.25) is 0 Å². The average Bonchev–Trinajstić information content (AvgIpc) is 2.87. The van der Waals surface area contributed by atoms with Gasteiger partial charge in [0.05, 0.1) is 23.0 Å². The fourth-order valence-electron chi connectivity index (χ4n) is 3.83. The molecule has 1 aromatic heterocycles. The normalized spacial score (nSPS) is 14.6. The van der Waals surface area contributed by atoms with E-state index in [9.17, 15) is 4.79 Å². The molecule has 32 heavy (non-hydrogen) atoms. The van der Waals surface area contributed by atoms with Gasteiger partial charge in [-0.15, -0.1) is 0 Å². The first-order valence-electron chi connectivity index (χ1n) is 10.9. The molecular weight excluding hydrogens is 400 g/mol. The van der Waals surface area contributed by atoms with Crippen molar-refractivity contribution in [2.24, 2.45) is 0 Å². The van der Waals surface area contributed by atoms with Crippen molar-refractivity contribution < 1.29 is 14.3 Å². The summed E-state index contributed by atoms with van der Waals surface area (Å²) in [6.07, 6.45) is 5.00. The summed E-state index contributed by atoms with van der Waals surface area (Å²) in [5, 5.41) is 0. The third kappa shape index (κ3) is 5.06. The average molecular weight is 429 g/mol. The zero-order chi connectivity index (χ0) is 22.3. The highest BCUT2D eigenvalue weighted by Crippen LogP contribution is 2.28. The molecule has 0 amide bonds. The third-order valence-electron chi connectivity index (χ3n) is 5.81. The Kier molecular flexibility index (Phi) is 6.97. The summed E-state index contributed by atoms with van der Waals surface area (Å²) >= 11 is 0. The van der Waals surface area contributed by atoms with Crippen LogP contribution in [0, 0.1) is 0 Å². The van der Waals surface area contributed by atoms with Crippen molar-refractivity contribution in [3.63, 3.8) is 0 Å². The molecule has 1 atom stereocenters. The zero-order valence-electron chi connectivity index (χ0n) is 18.5. The van der Waals surface area contributed by atoms with Gasteiger partial charge in [0.15, 0.2) is 0 Å². The van der Waals surface area contributed by atoms with Crippen LogP contribution in [0.2, 0.25) is 0 Å². The van der Waals surface area contributed by atoms with Crippen molar-refractivity contribution in [1.29, 1.82) is 0 Å². The first-order valence-corrected chi connectivity index (χ1v) is 10.9. The Balaban J connectivity index is 1.44. The number of nitrogens with zero attached hydrogens (tertiary/aromatic N) is 2. The summed E-state index contributed by atoms with van der Waals surface area (Å²) in [6.45, 7) is 3.81. The van der Waals surface area contributed by atoms with Crippen LogP contribution in [0.4, 0.5) is 5.69 Å². The Labute approximate surface area is 189 Å². The molecule has 0 unspecified atom stereocenters. The third-order valence-corrected chi connectivity index (χ3v) is 5.81. The van der Waals surface area contributed by atoms with Crippen LogP contribution in [0.1, 0.15) is 46.6 Å². The van der Waals surface area contributed by atoms with Gasteiger partial charge in [-0.25, -0.2) is 4.79 Å². The summed E-state index contributed by atoms with van der Waals surface area (Å²) in [7, 11) is 1.69. The summed E-state index contributed by atoms with van der Waals surface area (Å²) in [4.78, 5) is 19.6. The Hall–Kier alpha value is -3.44. The van der Waals surface area contributed by atoms with E-state index in [-0.39, 0.29) is 18.7 Å². The number of para-hydroxylation sites is 1. The second kappa shape index (κ2) is 10.2. The van der Waals surface area contributed by atoms with Crippen LogP contribution in [0.3, 0.4) is 0 Å². The number of benzene rings is 2. The van der Waals surface area contributed by atoms with E-state index in [1.165, 1.54) is 5.57 Å². The van der Waals surface area contributed by atoms with E-state index in [0.717, 1.165) is 42.0 Å². The Morgan fingerprint density at radius 3 is 2.53 bits per heavy atom. The minimum absolute atomic E-state index is 0.0157. The van der Waals surface area contributed by atoms with Crippen molar-refractivity contribution in [2.75, 3.05) is 25.1 Å². The van der Waals surface area contributed by atoms with Gasteiger partial charge in [-0.1, -0.05) is 54.6 Å². The summed E-state index contributed by atoms with van der Waals surface area (Å²) in [5.74, 6) is -0.300. The summed E-state index contributed by atoms with van der Waals surface area (Å²) < 4.78 is 10.9. The number of pyridine rings is 1. The number of rotatable bonds is 7. The maximum atomic E-state index is 12.8. The second-order valence-electron chi connectivity index (χ2n) is 7.85. The Morgan fingerprint density at radius 2 is 1.84 bits per heavy atom. The first-order chi connectivity index (χ1) is 15.7. The lowest BCUT2D eigenvalue weighted by molar-refractivity contribution is 0.0473. The number of methoxy groups -OCH3 is 1. The SMILES string of the molecule is CO[C@@H](C)c1ccc(C2=CCN(c3ccccc3C(=O)OCc3ccccc3)CC2)cn1. The highest BCUT2D eigenvalue weighted by atomic mass is 16.5. The molecule has 164 valence electrons. The van der Waals surface area contributed by atoms with E-state index < -0.39 is 0 Å². The molecule has 2 heterocycles. The van der Waals surface area contributed by atoms with Crippen molar-refractivity contribution >= 4 is 17.2 Å². The lowest BCUT2D eigenvalue weighted by Gasteiger charge is -2.30. The maximum absolute atomic E-state index is 12.8. The van der Waals surface area contributed by atoms with E-state index in [4.69, 9.17) is 9.47 Å². The number of carbonyl (C=O) groups excluding carboxylic acids is 1. The molecule has 0 saturated heterocycles. The fourth-order valence-corrected chi connectivity index (χ4v) is 3.83. The largest absolute Gasteiger partial charge is 0.457 e. The van der Waals surface area contributed by atoms with Gasteiger partial charge >= 0.3 is 5.97 Å². The van der Waals surface area contributed by atoms with E-state index in [1.54, 1.807) is 7.11 Å². The molecule has 0 spiro atoms. The molecule has 0 aliphatic carbocycles. The summed E-state index contributed by atoms with van der Waals surface area (Å²) in [6, 6.07) is 21.5. The van der Waals surface area contributed by atoms with Crippen LogP contribution in [0.15, 0.2) is 79.0 Å². The standard InChI is InChI=1S/C27H28N2O3/c1-20(31-2)25-13-12-23(18-28-25)22-14-16-29(17-15-22)26-11-7-6-10-24(26)27(30)32-19-21-8-4-3-5-9-21/h3-14,18,20H,15-17,19H2,1-2H3/t20-/m0/s1. The van der Waals surface area contributed by atoms with E-state index in [0.29, 0.717) is 5.56 Å². The minimum Gasteiger partial charge on any atom is -0.457 e. The molecule has 0 radical (unpaired) electrons. The second-order valence-corrected chi connectivity index (χ2v) is 7.85. The molecule has 2 aromatic carbocycles. The lowest BCUT2D eigenvalue weighted by atomic mass is 9.99. The van der Waals surface area contributed by atoms with Crippen LogP contribution in [0.5, 0.6) is 0 Å². The number of carbonyl (C=O) groups is 1. The highest BCUT2D eigenvalue weighted by Gasteiger charge is 2.20. The smallest absolute Gasteiger partial charge is 0.340 e. The number of aromatic nitrogens is 1. The van der Waals surface area contributed by atoms with Crippen molar-refractivity contribution in [3.8, 4) is 0 Å². The molecule has 5 nitrogen and oxygen atoms in total. The quantitative estimate of drug-likeness (QED) is 0.469. The number of hydrogen-bond donors (Lipinski definition) is 0. The Morgan fingerprint density at radius 1 is 1.06 bits per heavy atom. The summed E-state index contributed by atoms with van der Waals surface area (Å²) in [5.41, 5.74) is 5.81. The topological polar surface area (TPSA) is 51.7 Å². The Bertz CT molecular complexity index is 1080. The molecule has 0 fully saturated rings. The molecule has 4 rings (SSSR count). The van der Waals surface area contributed by atoms with Crippen molar-refractivity contribution in [2.45, 2.75) is 26.1 Å². The molecule has 0 N–H and O–H groups in total. The van der Waals surface area contributed by atoms with Gasteiger partial charge in [0.25, 0.3) is 0 Å². The van der Waals surface area contributed by atoms with E-state index >= 15 is 0 Å². The number of esters is 1. The molecule has 3 aromatic rings. The molecule has 5 heteroatoms. The van der Waals surface area contributed by atoms with Crippen LogP contribution in [0.25, 0.3) is 5.57 Å². The monoisotopic (exact) mass is 428 g/mol. The number of hydrogen-bond acceptors (Lipinski definition) is 5.